The summed E-state index contributed by atoms with van der Waals surface area (Å²) in [7, 11) is 0. The van der Waals surface area contributed by atoms with E-state index in [0.717, 1.165) is 0 Å². The van der Waals surface area contributed by atoms with Crippen molar-refractivity contribution in [1.82, 2.24) is 0 Å². The van der Waals surface area contributed by atoms with Gasteiger partial charge in [0.1, 0.15) is 0 Å². The van der Waals surface area contributed by atoms with E-state index in [9.17, 15) is 5.11 Å². The van der Waals surface area contributed by atoms with Crippen LogP contribution in [0.15, 0.2) is 0 Å². The van der Waals surface area contributed by atoms with Crippen LogP contribution in [-0.2, 0) is 0 Å². The molecule has 0 spiro atoms. The summed E-state index contributed by atoms with van der Waals surface area (Å²) in [5.41, 5.74) is 0. The molecule has 1 saturated carbocycles. The van der Waals surface area contributed by atoms with Crippen LogP contribution in [0.25, 0.3) is 0 Å². The zero-order valence-electron chi connectivity index (χ0n) is 6.08. The molecule has 0 saturated heterocycles. The van der Waals surface area contributed by atoms with Gasteiger partial charge in [-0.15, -0.1) is 23.2 Å². The number of aliphatic hydroxyl groups is 2. The minimum atomic E-state index is -0.600. The molecule has 0 unspecified atom stereocenters. The summed E-state index contributed by atoms with van der Waals surface area (Å²) < 4.78 is 0. The van der Waals surface area contributed by atoms with Crippen LogP contribution in [0.2, 0.25) is 0 Å². The molecule has 0 aromatic rings. The standard InChI is InChI=1S/C7H12Cl2O2/c8-5-1-4(3-10)7(11)6(9)2-5/h4-7,10-11H,1-3H2/t4-,5+,6+,7+/m0/s1. The number of halogens is 2. The summed E-state index contributed by atoms with van der Waals surface area (Å²) in [5.74, 6) is -0.145. The van der Waals surface area contributed by atoms with Gasteiger partial charge in [0.15, 0.2) is 0 Å². The van der Waals surface area contributed by atoms with Crippen LogP contribution in [0.5, 0.6) is 0 Å². The van der Waals surface area contributed by atoms with Gasteiger partial charge in [0, 0.05) is 17.9 Å². The minimum absolute atomic E-state index is 0.00181. The average molecular weight is 199 g/mol. The Hall–Kier alpha value is 0.500. The van der Waals surface area contributed by atoms with Crippen LogP contribution in [0.4, 0.5) is 0 Å². The first kappa shape index (κ1) is 9.59. The molecule has 2 N–H and O–H groups in total. The zero-order chi connectivity index (χ0) is 8.43. The molecule has 0 bridgehead atoms. The van der Waals surface area contributed by atoms with E-state index in [2.05, 4.69) is 0 Å². The highest BCUT2D eigenvalue weighted by atomic mass is 35.5. The van der Waals surface area contributed by atoms with E-state index in [-0.39, 0.29) is 23.3 Å². The number of aliphatic hydroxyl groups excluding tert-OH is 2. The lowest BCUT2D eigenvalue weighted by Gasteiger charge is -2.32. The first-order chi connectivity index (χ1) is 5.15. The molecule has 0 heterocycles. The molecule has 1 fully saturated rings. The Labute approximate surface area is 76.1 Å². The van der Waals surface area contributed by atoms with Gasteiger partial charge in [-0.1, -0.05) is 0 Å². The summed E-state index contributed by atoms with van der Waals surface area (Å²) in [4.78, 5) is 0. The van der Waals surface area contributed by atoms with Gasteiger partial charge >= 0.3 is 0 Å². The van der Waals surface area contributed by atoms with Gasteiger partial charge in [-0.25, -0.2) is 0 Å². The van der Waals surface area contributed by atoms with E-state index in [1.807, 2.05) is 0 Å². The predicted octanol–water partition coefficient (Wildman–Crippen LogP) is 0.964. The second-order valence-corrected chi connectivity index (χ2v) is 4.20. The van der Waals surface area contributed by atoms with E-state index in [1.54, 1.807) is 0 Å². The summed E-state index contributed by atoms with van der Waals surface area (Å²) in [5, 5.41) is 17.9. The number of hydrogen-bond acceptors (Lipinski definition) is 2. The minimum Gasteiger partial charge on any atom is -0.396 e. The van der Waals surface area contributed by atoms with E-state index in [4.69, 9.17) is 28.3 Å². The van der Waals surface area contributed by atoms with Gasteiger partial charge in [-0.3, -0.25) is 0 Å². The lowest BCUT2D eigenvalue weighted by atomic mass is 9.86. The van der Waals surface area contributed by atoms with Crippen LogP contribution in [0, 0.1) is 5.92 Å². The molecule has 0 aromatic heterocycles. The highest BCUT2D eigenvalue weighted by Crippen LogP contribution is 2.31. The molecule has 11 heavy (non-hydrogen) atoms. The molecule has 1 aliphatic rings. The fourth-order valence-electron chi connectivity index (χ4n) is 1.43. The highest BCUT2D eigenvalue weighted by molar-refractivity contribution is 6.24. The van der Waals surface area contributed by atoms with Gasteiger partial charge in [0.2, 0.25) is 0 Å². The smallest absolute Gasteiger partial charge is 0.0754 e. The third-order valence-corrected chi connectivity index (χ3v) is 2.92. The van der Waals surface area contributed by atoms with Gasteiger partial charge < -0.3 is 10.2 Å². The molecule has 2 nitrogen and oxygen atoms in total. The van der Waals surface area contributed by atoms with Gasteiger partial charge in [0.05, 0.1) is 11.5 Å². The number of alkyl halides is 2. The van der Waals surface area contributed by atoms with Crippen molar-refractivity contribution in [3.05, 3.63) is 0 Å². The second kappa shape index (κ2) is 3.94. The van der Waals surface area contributed by atoms with E-state index >= 15 is 0 Å². The molecule has 1 aliphatic carbocycles. The Morgan fingerprint density at radius 3 is 2.45 bits per heavy atom. The Bertz CT molecular complexity index is 132. The maximum Gasteiger partial charge on any atom is 0.0754 e. The number of hydrogen-bond donors (Lipinski definition) is 2. The summed E-state index contributed by atoms with van der Waals surface area (Å²) in [6.07, 6.45) is 0.681. The van der Waals surface area contributed by atoms with E-state index in [1.165, 1.54) is 0 Å². The first-order valence-electron chi connectivity index (χ1n) is 3.72. The fourth-order valence-corrected chi connectivity index (χ4v) is 2.36. The van der Waals surface area contributed by atoms with Crippen molar-refractivity contribution in [3.63, 3.8) is 0 Å². The monoisotopic (exact) mass is 198 g/mol. The van der Waals surface area contributed by atoms with Gasteiger partial charge in [-0.05, 0) is 12.8 Å². The Morgan fingerprint density at radius 2 is 1.91 bits per heavy atom. The first-order valence-corrected chi connectivity index (χ1v) is 4.59. The Kier molecular flexibility index (Phi) is 3.44. The van der Waals surface area contributed by atoms with E-state index < -0.39 is 6.10 Å². The molecule has 0 aliphatic heterocycles. The molecule has 66 valence electrons. The van der Waals surface area contributed by atoms with E-state index in [0.29, 0.717) is 12.8 Å². The van der Waals surface area contributed by atoms with Gasteiger partial charge in [0.25, 0.3) is 0 Å². The molecule has 0 aromatic carbocycles. The molecule has 4 heteroatoms. The van der Waals surface area contributed by atoms with Crippen LogP contribution in [-0.4, -0.2) is 33.7 Å². The maximum atomic E-state index is 9.40. The maximum absolute atomic E-state index is 9.40. The van der Waals surface area contributed by atoms with Crippen LogP contribution >= 0.6 is 23.2 Å². The third kappa shape index (κ3) is 2.22. The summed E-state index contributed by atoms with van der Waals surface area (Å²) in [6.45, 7) is -0.0341. The van der Waals surface area contributed by atoms with Crippen LogP contribution in [0.3, 0.4) is 0 Å². The topological polar surface area (TPSA) is 40.5 Å². The SMILES string of the molecule is OC[C@@H]1C[C@@H](Cl)C[C@@H](Cl)[C@@H]1O. The predicted molar refractivity (Wildman–Crippen MR) is 45.1 cm³/mol. The Morgan fingerprint density at radius 1 is 1.27 bits per heavy atom. The molecule has 4 atom stereocenters. The van der Waals surface area contributed by atoms with Crippen molar-refractivity contribution in [2.45, 2.75) is 29.7 Å². The lowest BCUT2D eigenvalue weighted by molar-refractivity contribution is 0.0404. The third-order valence-electron chi connectivity index (χ3n) is 2.13. The van der Waals surface area contributed by atoms with Crippen molar-refractivity contribution in [2.24, 2.45) is 5.92 Å². The summed E-state index contributed by atoms with van der Waals surface area (Å²) >= 11 is 11.6. The zero-order valence-corrected chi connectivity index (χ0v) is 7.59. The molecular formula is C7H12Cl2O2. The average Bonchev–Trinajstić information content (AvgIpc) is 1.96. The molecule has 1 rings (SSSR count). The molecule has 0 amide bonds. The van der Waals surface area contributed by atoms with Crippen LogP contribution in [0.1, 0.15) is 12.8 Å². The number of rotatable bonds is 1. The lowest BCUT2D eigenvalue weighted by Crippen LogP contribution is -2.40. The summed E-state index contributed by atoms with van der Waals surface area (Å²) in [6, 6.07) is 0. The largest absolute Gasteiger partial charge is 0.396 e. The quantitative estimate of drug-likeness (QED) is 0.617. The van der Waals surface area contributed by atoms with Crippen molar-refractivity contribution >= 4 is 23.2 Å². The highest BCUT2D eigenvalue weighted by Gasteiger charge is 2.34. The Balaban J connectivity index is 2.51. The molecule has 0 radical (unpaired) electrons. The molecular weight excluding hydrogens is 187 g/mol. The fraction of sp³-hybridized carbons (Fsp3) is 1.00. The van der Waals surface area contributed by atoms with Gasteiger partial charge in [-0.2, -0.15) is 0 Å². The normalized spacial score (nSPS) is 45.8. The van der Waals surface area contributed by atoms with Crippen molar-refractivity contribution in [2.75, 3.05) is 6.61 Å². The van der Waals surface area contributed by atoms with Crippen molar-refractivity contribution in [1.29, 1.82) is 0 Å². The van der Waals surface area contributed by atoms with Crippen molar-refractivity contribution in [3.8, 4) is 0 Å². The van der Waals surface area contributed by atoms with Crippen LogP contribution < -0.4 is 0 Å². The second-order valence-electron chi connectivity index (χ2n) is 3.02. The van der Waals surface area contributed by atoms with Crippen molar-refractivity contribution < 1.29 is 10.2 Å².